The molecule has 0 aromatic heterocycles. The van der Waals surface area contributed by atoms with Gasteiger partial charge in [-0.15, -0.1) is 0 Å². The van der Waals surface area contributed by atoms with Crippen LogP contribution >= 0.6 is 11.6 Å². The lowest BCUT2D eigenvalue weighted by atomic mass is 10.1. The van der Waals surface area contributed by atoms with Crippen LogP contribution in [0.2, 0.25) is 5.02 Å². The summed E-state index contributed by atoms with van der Waals surface area (Å²) in [6, 6.07) is 3.47. The molecule has 1 saturated heterocycles. The van der Waals surface area contributed by atoms with Crippen LogP contribution in [0.4, 0.5) is 18.9 Å². The van der Waals surface area contributed by atoms with Crippen LogP contribution in [0.25, 0.3) is 0 Å². The highest BCUT2D eigenvalue weighted by atomic mass is 35.5. The second kappa shape index (κ2) is 5.36. The largest absolute Gasteiger partial charge is 0.416 e. The summed E-state index contributed by atoms with van der Waals surface area (Å²) in [7, 11) is 0. The topological polar surface area (TPSA) is 15.3 Å². The van der Waals surface area contributed by atoms with E-state index in [1.165, 1.54) is 6.07 Å². The number of hydrogen-bond donors (Lipinski definition) is 1. The first-order chi connectivity index (χ1) is 8.48. The van der Waals surface area contributed by atoms with E-state index in [1.54, 1.807) is 0 Å². The van der Waals surface area contributed by atoms with Crippen molar-refractivity contribution in [3.8, 4) is 0 Å². The Kier molecular flexibility index (Phi) is 4.02. The van der Waals surface area contributed by atoms with Gasteiger partial charge < -0.3 is 10.2 Å². The van der Waals surface area contributed by atoms with E-state index in [9.17, 15) is 13.2 Å². The van der Waals surface area contributed by atoms with Crippen molar-refractivity contribution in [2.75, 3.05) is 31.1 Å². The van der Waals surface area contributed by atoms with E-state index in [1.807, 2.05) is 4.90 Å². The molecule has 0 aliphatic carbocycles. The van der Waals surface area contributed by atoms with Crippen LogP contribution < -0.4 is 10.2 Å². The Morgan fingerprint density at radius 1 is 1.17 bits per heavy atom. The molecule has 1 N–H and O–H groups in total. The first-order valence-corrected chi connectivity index (χ1v) is 6.19. The molecule has 0 radical (unpaired) electrons. The summed E-state index contributed by atoms with van der Waals surface area (Å²) in [5.74, 6) is 0. The zero-order valence-electron chi connectivity index (χ0n) is 9.73. The molecule has 0 saturated carbocycles. The van der Waals surface area contributed by atoms with Crippen LogP contribution in [0.5, 0.6) is 0 Å². The molecule has 18 heavy (non-hydrogen) atoms. The van der Waals surface area contributed by atoms with Gasteiger partial charge in [0.1, 0.15) is 0 Å². The van der Waals surface area contributed by atoms with Crippen molar-refractivity contribution < 1.29 is 13.2 Å². The Hall–Kier alpha value is -0.940. The maximum Gasteiger partial charge on any atom is 0.416 e. The Morgan fingerprint density at radius 2 is 1.94 bits per heavy atom. The van der Waals surface area contributed by atoms with Gasteiger partial charge in [-0.2, -0.15) is 13.2 Å². The summed E-state index contributed by atoms with van der Waals surface area (Å²) in [6.45, 7) is 3.02. The Labute approximate surface area is 109 Å². The predicted octanol–water partition coefficient (Wildman–Crippen LogP) is 3.16. The van der Waals surface area contributed by atoms with Crippen LogP contribution in [0.3, 0.4) is 0 Å². The molecule has 1 aliphatic heterocycles. The number of alkyl halides is 3. The molecule has 6 heteroatoms. The van der Waals surface area contributed by atoms with Gasteiger partial charge in [-0.25, -0.2) is 0 Å². The van der Waals surface area contributed by atoms with Crippen molar-refractivity contribution in [1.82, 2.24) is 5.32 Å². The minimum Gasteiger partial charge on any atom is -0.369 e. The van der Waals surface area contributed by atoms with E-state index in [0.29, 0.717) is 23.8 Å². The van der Waals surface area contributed by atoms with E-state index in [2.05, 4.69) is 5.32 Å². The third-order valence-electron chi connectivity index (χ3n) is 2.95. The maximum atomic E-state index is 12.7. The molecule has 1 aromatic rings. The zero-order chi connectivity index (χ0) is 13.2. The van der Waals surface area contributed by atoms with Gasteiger partial charge in [0.15, 0.2) is 0 Å². The van der Waals surface area contributed by atoms with Gasteiger partial charge >= 0.3 is 6.18 Å². The summed E-state index contributed by atoms with van der Waals surface area (Å²) < 4.78 is 38.0. The third-order valence-corrected chi connectivity index (χ3v) is 3.27. The minimum absolute atomic E-state index is 0.366. The quantitative estimate of drug-likeness (QED) is 0.849. The van der Waals surface area contributed by atoms with Crippen LogP contribution in [-0.2, 0) is 6.18 Å². The molecule has 0 bridgehead atoms. The van der Waals surface area contributed by atoms with Crippen molar-refractivity contribution in [1.29, 1.82) is 0 Å². The van der Waals surface area contributed by atoms with E-state index in [0.717, 1.165) is 31.6 Å². The van der Waals surface area contributed by atoms with E-state index in [-0.39, 0.29) is 0 Å². The van der Waals surface area contributed by atoms with E-state index >= 15 is 0 Å². The normalized spacial score (nSPS) is 17.7. The van der Waals surface area contributed by atoms with Crippen LogP contribution in [0.15, 0.2) is 18.2 Å². The Bertz CT molecular complexity index is 412. The van der Waals surface area contributed by atoms with E-state index < -0.39 is 11.7 Å². The van der Waals surface area contributed by atoms with Gasteiger partial charge in [0, 0.05) is 19.6 Å². The molecular formula is C12H14ClF3N2. The molecule has 1 fully saturated rings. The molecule has 100 valence electrons. The number of benzene rings is 1. The average molecular weight is 279 g/mol. The number of halogens is 4. The Morgan fingerprint density at radius 3 is 2.67 bits per heavy atom. The molecular weight excluding hydrogens is 265 g/mol. The average Bonchev–Trinajstić information content (AvgIpc) is 2.56. The molecule has 1 aliphatic rings. The summed E-state index contributed by atoms with van der Waals surface area (Å²) in [5, 5.41) is 3.57. The van der Waals surface area contributed by atoms with Crippen molar-refractivity contribution in [2.24, 2.45) is 0 Å². The standard InChI is InChI=1S/C12H14ClF3N2/c13-10-3-2-9(12(14,15)16)8-11(10)18-6-1-4-17-5-7-18/h2-3,8,17H,1,4-7H2. The zero-order valence-corrected chi connectivity index (χ0v) is 10.5. The lowest BCUT2D eigenvalue weighted by molar-refractivity contribution is -0.137. The molecule has 0 unspecified atom stereocenters. The monoisotopic (exact) mass is 278 g/mol. The lowest BCUT2D eigenvalue weighted by Gasteiger charge is -2.24. The molecule has 0 atom stereocenters. The van der Waals surface area contributed by atoms with Gasteiger partial charge in [-0.05, 0) is 31.2 Å². The van der Waals surface area contributed by atoms with Gasteiger partial charge in [0.2, 0.25) is 0 Å². The number of nitrogens with zero attached hydrogens (tertiary/aromatic N) is 1. The van der Waals surface area contributed by atoms with E-state index in [4.69, 9.17) is 11.6 Å². The second-order valence-electron chi connectivity index (χ2n) is 4.25. The highest BCUT2D eigenvalue weighted by molar-refractivity contribution is 6.33. The molecule has 0 amide bonds. The van der Waals surface area contributed by atoms with Crippen LogP contribution in [0, 0.1) is 0 Å². The molecule has 2 rings (SSSR count). The van der Waals surface area contributed by atoms with Gasteiger partial charge in [-0.1, -0.05) is 11.6 Å². The highest BCUT2D eigenvalue weighted by Gasteiger charge is 2.31. The lowest BCUT2D eigenvalue weighted by Crippen LogP contribution is -2.28. The molecule has 2 nitrogen and oxygen atoms in total. The first-order valence-electron chi connectivity index (χ1n) is 5.81. The van der Waals surface area contributed by atoms with Crippen molar-refractivity contribution in [3.63, 3.8) is 0 Å². The van der Waals surface area contributed by atoms with Crippen molar-refractivity contribution in [3.05, 3.63) is 28.8 Å². The SMILES string of the molecule is FC(F)(F)c1ccc(Cl)c(N2CCCNCC2)c1. The second-order valence-corrected chi connectivity index (χ2v) is 4.66. The highest BCUT2D eigenvalue weighted by Crippen LogP contribution is 2.35. The summed E-state index contributed by atoms with van der Waals surface area (Å²) in [4.78, 5) is 1.90. The number of hydrogen-bond acceptors (Lipinski definition) is 2. The van der Waals surface area contributed by atoms with Gasteiger partial charge in [-0.3, -0.25) is 0 Å². The third kappa shape index (κ3) is 3.09. The maximum absolute atomic E-state index is 12.7. The van der Waals surface area contributed by atoms with Gasteiger partial charge in [0.05, 0.1) is 16.3 Å². The summed E-state index contributed by atoms with van der Waals surface area (Å²) in [5.41, 5.74) is -0.186. The fourth-order valence-electron chi connectivity index (χ4n) is 2.02. The summed E-state index contributed by atoms with van der Waals surface area (Å²) in [6.07, 6.45) is -3.43. The first kappa shape index (κ1) is 13.5. The van der Waals surface area contributed by atoms with Crippen molar-refractivity contribution >= 4 is 17.3 Å². The van der Waals surface area contributed by atoms with Crippen LogP contribution in [0.1, 0.15) is 12.0 Å². The molecule has 1 aromatic carbocycles. The smallest absolute Gasteiger partial charge is 0.369 e. The fraction of sp³-hybridized carbons (Fsp3) is 0.500. The fourth-order valence-corrected chi connectivity index (χ4v) is 2.26. The Balaban J connectivity index is 2.30. The number of anilines is 1. The van der Waals surface area contributed by atoms with Crippen LogP contribution in [-0.4, -0.2) is 26.2 Å². The predicted molar refractivity (Wildman–Crippen MR) is 66.2 cm³/mol. The molecule has 1 heterocycles. The summed E-state index contributed by atoms with van der Waals surface area (Å²) >= 11 is 6.00. The number of nitrogens with one attached hydrogen (secondary N) is 1. The minimum atomic E-state index is -4.33. The van der Waals surface area contributed by atoms with Crippen molar-refractivity contribution in [2.45, 2.75) is 12.6 Å². The number of rotatable bonds is 1. The van der Waals surface area contributed by atoms with Gasteiger partial charge in [0.25, 0.3) is 0 Å². The molecule has 0 spiro atoms.